The van der Waals surface area contributed by atoms with Gasteiger partial charge in [-0.3, -0.25) is 14.6 Å². The molecule has 0 aliphatic rings. The van der Waals surface area contributed by atoms with Crippen molar-refractivity contribution in [3.8, 4) is 22.3 Å². The largest absolute Gasteiger partial charge is 0.348 e. The van der Waals surface area contributed by atoms with Crippen LogP contribution in [0.4, 0.5) is 0 Å². The highest BCUT2D eigenvalue weighted by Crippen LogP contribution is 2.24. The molecule has 186 valence electrons. The standard InChI is InChI=1S/C33H27N3O2/c37-32(35-22-27-15-7-9-17-29(27)24-11-3-1-4-12-24)26-19-20-34-31(21-26)33(38)36-23-28-16-8-10-18-30(28)25-13-5-2-6-14-25/h1-21H,22-23H2,(H,35,37)(H,36,38). The third-order valence-corrected chi connectivity index (χ3v) is 6.34. The average molecular weight is 498 g/mol. The van der Waals surface area contributed by atoms with Crippen molar-refractivity contribution in [1.29, 1.82) is 0 Å². The number of hydrogen-bond acceptors (Lipinski definition) is 3. The molecule has 0 spiro atoms. The first-order valence-corrected chi connectivity index (χ1v) is 12.5. The van der Waals surface area contributed by atoms with Crippen LogP contribution in [0.15, 0.2) is 128 Å². The minimum absolute atomic E-state index is 0.194. The van der Waals surface area contributed by atoms with Crippen LogP contribution in [-0.2, 0) is 13.1 Å². The molecule has 2 amide bonds. The van der Waals surface area contributed by atoms with Gasteiger partial charge in [-0.2, -0.15) is 0 Å². The topological polar surface area (TPSA) is 71.1 Å². The lowest BCUT2D eigenvalue weighted by molar-refractivity contribution is 0.0946. The molecule has 0 bridgehead atoms. The van der Waals surface area contributed by atoms with E-state index >= 15 is 0 Å². The lowest BCUT2D eigenvalue weighted by Crippen LogP contribution is -2.26. The Morgan fingerprint density at radius 1 is 0.553 bits per heavy atom. The van der Waals surface area contributed by atoms with Gasteiger partial charge in [0.2, 0.25) is 0 Å². The van der Waals surface area contributed by atoms with Crippen molar-refractivity contribution in [1.82, 2.24) is 15.6 Å². The number of amides is 2. The summed E-state index contributed by atoms with van der Waals surface area (Å²) in [6.45, 7) is 0.711. The molecule has 5 heteroatoms. The smallest absolute Gasteiger partial charge is 0.270 e. The molecule has 0 saturated carbocycles. The van der Waals surface area contributed by atoms with Crippen molar-refractivity contribution in [2.24, 2.45) is 0 Å². The van der Waals surface area contributed by atoms with E-state index in [2.05, 4.69) is 15.6 Å². The summed E-state index contributed by atoms with van der Waals surface area (Å²) < 4.78 is 0. The number of nitrogens with zero attached hydrogens (tertiary/aromatic N) is 1. The molecule has 2 N–H and O–H groups in total. The Morgan fingerprint density at radius 3 is 1.58 bits per heavy atom. The third-order valence-electron chi connectivity index (χ3n) is 6.34. The van der Waals surface area contributed by atoms with Crippen LogP contribution in [0.1, 0.15) is 32.0 Å². The average Bonchev–Trinajstić information content (AvgIpc) is 3.00. The molecule has 4 aromatic carbocycles. The molecule has 0 saturated heterocycles. The summed E-state index contributed by atoms with van der Waals surface area (Å²) in [6, 6.07) is 39.2. The Hall–Kier alpha value is -5.03. The lowest BCUT2D eigenvalue weighted by atomic mass is 9.99. The second kappa shape index (κ2) is 11.8. The van der Waals surface area contributed by atoms with E-state index < -0.39 is 0 Å². The van der Waals surface area contributed by atoms with Crippen molar-refractivity contribution in [2.45, 2.75) is 13.1 Å². The van der Waals surface area contributed by atoms with E-state index in [1.807, 2.05) is 109 Å². The van der Waals surface area contributed by atoms with Gasteiger partial charge in [-0.15, -0.1) is 0 Å². The molecule has 0 aliphatic carbocycles. The SMILES string of the molecule is O=C(NCc1ccccc1-c1ccccc1)c1ccnc(C(=O)NCc2ccccc2-c2ccccc2)c1. The van der Waals surface area contributed by atoms with E-state index in [1.54, 1.807) is 6.07 Å². The maximum Gasteiger partial charge on any atom is 0.270 e. The van der Waals surface area contributed by atoms with E-state index in [9.17, 15) is 9.59 Å². The molecule has 1 aromatic heterocycles. The van der Waals surface area contributed by atoms with Crippen LogP contribution >= 0.6 is 0 Å². The van der Waals surface area contributed by atoms with Gasteiger partial charge in [0.25, 0.3) is 11.8 Å². The molecular formula is C33H27N3O2. The first-order valence-electron chi connectivity index (χ1n) is 12.5. The fourth-order valence-corrected chi connectivity index (χ4v) is 4.39. The Bertz CT molecular complexity index is 1440. The van der Waals surface area contributed by atoms with Crippen LogP contribution < -0.4 is 10.6 Å². The molecule has 1 heterocycles. The Balaban J connectivity index is 1.25. The summed E-state index contributed by atoms with van der Waals surface area (Å²) in [7, 11) is 0. The Morgan fingerprint density at radius 2 is 1.03 bits per heavy atom. The zero-order valence-corrected chi connectivity index (χ0v) is 20.8. The maximum atomic E-state index is 13.0. The minimum atomic E-state index is -0.336. The van der Waals surface area contributed by atoms with Gasteiger partial charge in [-0.05, 0) is 45.5 Å². The van der Waals surface area contributed by atoms with Gasteiger partial charge in [0, 0.05) is 24.8 Å². The van der Waals surface area contributed by atoms with Crippen LogP contribution in [-0.4, -0.2) is 16.8 Å². The summed E-state index contributed by atoms with van der Waals surface area (Å²) in [5, 5.41) is 5.92. The highest BCUT2D eigenvalue weighted by Gasteiger charge is 2.14. The van der Waals surface area contributed by atoms with Gasteiger partial charge in [0.15, 0.2) is 0 Å². The molecular weight excluding hydrogens is 470 g/mol. The monoisotopic (exact) mass is 497 g/mol. The summed E-state index contributed by atoms with van der Waals surface area (Å²) in [4.78, 5) is 30.1. The number of benzene rings is 4. The van der Waals surface area contributed by atoms with E-state index in [0.717, 1.165) is 33.4 Å². The zero-order chi connectivity index (χ0) is 26.2. The summed E-state index contributed by atoms with van der Waals surface area (Å²) in [5.41, 5.74) is 6.89. The maximum absolute atomic E-state index is 13.0. The van der Waals surface area contributed by atoms with Crippen LogP contribution in [0.2, 0.25) is 0 Å². The van der Waals surface area contributed by atoms with Gasteiger partial charge in [0.1, 0.15) is 5.69 Å². The van der Waals surface area contributed by atoms with E-state index in [4.69, 9.17) is 0 Å². The van der Waals surface area contributed by atoms with Crippen LogP contribution in [0.3, 0.4) is 0 Å². The molecule has 5 aromatic rings. The second-order valence-corrected chi connectivity index (χ2v) is 8.84. The predicted octanol–water partition coefficient (Wildman–Crippen LogP) is 6.28. The third kappa shape index (κ3) is 5.85. The summed E-state index contributed by atoms with van der Waals surface area (Å²) >= 11 is 0. The van der Waals surface area contributed by atoms with Crippen LogP contribution in [0.5, 0.6) is 0 Å². The fourth-order valence-electron chi connectivity index (χ4n) is 4.39. The number of carbonyl (C=O) groups excluding carboxylic acids is 2. The lowest BCUT2D eigenvalue weighted by Gasteiger charge is -2.12. The van der Waals surface area contributed by atoms with E-state index in [1.165, 1.54) is 12.3 Å². The summed E-state index contributed by atoms with van der Waals surface area (Å²) in [5.74, 6) is -0.601. The zero-order valence-electron chi connectivity index (χ0n) is 20.8. The molecule has 38 heavy (non-hydrogen) atoms. The van der Waals surface area contributed by atoms with Gasteiger partial charge < -0.3 is 10.6 Å². The van der Waals surface area contributed by atoms with Crippen molar-refractivity contribution in [3.63, 3.8) is 0 Å². The molecule has 5 rings (SSSR count). The highest BCUT2D eigenvalue weighted by atomic mass is 16.2. The fraction of sp³-hybridized carbons (Fsp3) is 0.0606. The van der Waals surface area contributed by atoms with Crippen LogP contribution in [0.25, 0.3) is 22.3 Å². The molecule has 0 aliphatic heterocycles. The van der Waals surface area contributed by atoms with Crippen molar-refractivity contribution in [2.75, 3.05) is 0 Å². The van der Waals surface area contributed by atoms with Crippen LogP contribution in [0, 0.1) is 0 Å². The number of pyridine rings is 1. The quantitative estimate of drug-likeness (QED) is 0.265. The van der Waals surface area contributed by atoms with Gasteiger partial charge in [0.05, 0.1) is 0 Å². The molecule has 0 radical (unpaired) electrons. The van der Waals surface area contributed by atoms with Gasteiger partial charge in [-0.25, -0.2) is 0 Å². The second-order valence-electron chi connectivity index (χ2n) is 8.84. The number of rotatable bonds is 8. The Labute approximate surface area is 222 Å². The normalized spacial score (nSPS) is 10.5. The molecule has 0 unspecified atom stereocenters. The van der Waals surface area contributed by atoms with E-state index in [0.29, 0.717) is 18.7 Å². The van der Waals surface area contributed by atoms with Crippen molar-refractivity contribution in [3.05, 3.63) is 150 Å². The van der Waals surface area contributed by atoms with Gasteiger partial charge >= 0.3 is 0 Å². The number of carbonyl (C=O) groups is 2. The van der Waals surface area contributed by atoms with Crippen molar-refractivity contribution >= 4 is 11.8 Å². The highest BCUT2D eigenvalue weighted by molar-refractivity contribution is 5.98. The first-order chi connectivity index (χ1) is 18.7. The summed E-state index contributed by atoms with van der Waals surface area (Å²) in [6.07, 6.45) is 1.49. The minimum Gasteiger partial charge on any atom is -0.348 e. The molecule has 0 fully saturated rings. The number of hydrogen-bond donors (Lipinski definition) is 2. The van der Waals surface area contributed by atoms with E-state index in [-0.39, 0.29) is 17.5 Å². The predicted molar refractivity (Wildman–Crippen MR) is 150 cm³/mol. The van der Waals surface area contributed by atoms with Crippen molar-refractivity contribution < 1.29 is 9.59 Å². The molecule has 5 nitrogen and oxygen atoms in total. The first kappa shape index (κ1) is 24.7. The Kier molecular flexibility index (Phi) is 7.66. The van der Waals surface area contributed by atoms with Gasteiger partial charge in [-0.1, -0.05) is 109 Å². The molecule has 0 atom stereocenters. The number of aromatic nitrogens is 1. The number of nitrogens with one attached hydrogen (secondary N) is 2.